The van der Waals surface area contributed by atoms with E-state index < -0.39 is 0 Å². The molecule has 0 bridgehead atoms. The van der Waals surface area contributed by atoms with Gasteiger partial charge in [0.15, 0.2) is 0 Å². The van der Waals surface area contributed by atoms with Crippen LogP contribution in [0.2, 0.25) is 0 Å². The highest BCUT2D eigenvalue weighted by molar-refractivity contribution is 9.10. The summed E-state index contributed by atoms with van der Waals surface area (Å²) < 4.78 is 0.993. The average molecular weight is 341 g/mol. The summed E-state index contributed by atoms with van der Waals surface area (Å²) in [5, 5.41) is 12.7. The molecule has 110 valence electrons. The number of anilines is 1. The molecule has 0 aromatic heterocycles. The number of nitrogens with one attached hydrogen (secondary N) is 1. The second kappa shape index (κ2) is 7.20. The lowest BCUT2D eigenvalue weighted by Crippen LogP contribution is -2.43. The Balaban J connectivity index is 1.74. The van der Waals surface area contributed by atoms with E-state index in [-0.39, 0.29) is 12.0 Å². The molecule has 1 aromatic rings. The lowest BCUT2D eigenvalue weighted by Gasteiger charge is -2.34. The van der Waals surface area contributed by atoms with E-state index in [1.807, 2.05) is 24.3 Å². The van der Waals surface area contributed by atoms with E-state index in [9.17, 15) is 9.90 Å². The average Bonchev–Trinajstić information content (AvgIpc) is 2.43. The first-order chi connectivity index (χ1) is 9.54. The molecule has 1 amide bonds. The highest BCUT2D eigenvalue weighted by Gasteiger charge is 2.24. The van der Waals surface area contributed by atoms with Crippen molar-refractivity contribution in [1.29, 1.82) is 0 Å². The van der Waals surface area contributed by atoms with Crippen LogP contribution < -0.4 is 5.32 Å². The van der Waals surface area contributed by atoms with E-state index >= 15 is 0 Å². The van der Waals surface area contributed by atoms with Crippen LogP contribution in [0.25, 0.3) is 0 Å². The Morgan fingerprint density at radius 1 is 1.45 bits per heavy atom. The highest BCUT2D eigenvalue weighted by Crippen LogP contribution is 2.17. The third-order valence-electron chi connectivity index (χ3n) is 3.79. The Morgan fingerprint density at radius 3 is 2.80 bits per heavy atom. The molecule has 0 aliphatic carbocycles. The predicted octanol–water partition coefficient (Wildman–Crippen LogP) is 2.48. The largest absolute Gasteiger partial charge is 0.392 e. The first-order valence-electron chi connectivity index (χ1n) is 7.00. The Morgan fingerprint density at radius 2 is 2.15 bits per heavy atom. The van der Waals surface area contributed by atoms with Crippen molar-refractivity contribution < 1.29 is 9.90 Å². The van der Waals surface area contributed by atoms with Crippen molar-refractivity contribution in [3.05, 3.63) is 28.7 Å². The molecule has 1 aliphatic rings. The molecule has 1 aliphatic heterocycles. The summed E-state index contributed by atoms with van der Waals surface area (Å²) in [5.41, 5.74) is 0.811. The zero-order valence-corrected chi connectivity index (χ0v) is 13.3. The molecule has 2 atom stereocenters. The van der Waals surface area contributed by atoms with E-state index in [0.717, 1.165) is 23.1 Å². The van der Waals surface area contributed by atoms with Gasteiger partial charge in [0.25, 0.3) is 0 Å². The molecule has 0 saturated carbocycles. The fraction of sp³-hybridized carbons (Fsp3) is 0.533. The van der Waals surface area contributed by atoms with Crippen molar-refractivity contribution in [2.75, 3.05) is 25.0 Å². The number of amides is 1. The maximum Gasteiger partial charge on any atom is 0.225 e. The van der Waals surface area contributed by atoms with Gasteiger partial charge in [-0.2, -0.15) is 0 Å². The minimum atomic E-state index is -0.265. The van der Waals surface area contributed by atoms with E-state index in [4.69, 9.17) is 0 Å². The maximum atomic E-state index is 11.9. The van der Waals surface area contributed by atoms with Crippen LogP contribution in [0, 0.1) is 5.92 Å². The van der Waals surface area contributed by atoms with Crippen LogP contribution in [0.3, 0.4) is 0 Å². The number of carbonyl (C=O) groups is 1. The molecular weight excluding hydrogens is 320 g/mol. The predicted molar refractivity (Wildman–Crippen MR) is 83.6 cm³/mol. The molecule has 4 nitrogen and oxygen atoms in total. The van der Waals surface area contributed by atoms with Gasteiger partial charge in [0.2, 0.25) is 5.91 Å². The van der Waals surface area contributed by atoms with E-state index in [2.05, 4.69) is 33.1 Å². The fourth-order valence-electron chi connectivity index (χ4n) is 2.33. The number of halogens is 1. The molecule has 0 spiro atoms. The van der Waals surface area contributed by atoms with Gasteiger partial charge in [0.1, 0.15) is 0 Å². The number of hydrogen-bond donors (Lipinski definition) is 2. The normalized spacial score (nSPS) is 23.6. The topological polar surface area (TPSA) is 52.6 Å². The SMILES string of the molecule is CC1CCN(CCC(=O)Nc2ccc(Br)cc2)CC1O. The molecule has 1 saturated heterocycles. The lowest BCUT2D eigenvalue weighted by atomic mass is 9.96. The number of benzene rings is 1. The zero-order valence-electron chi connectivity index (χ0n) is 11.7. The van der Waals surface area contributed by atoms with Gasteiger partial charge in [-0.25, -0.2) is 0 Å². The number of carbonyl (C=O) groups excluding carboxylic acids is 1. The fourth-order valence-corrected chi connectivity index (χ4v) is 2.60. The number of hydrogen-bond acceptors (Lipinski definition) is 3. The van der Waals surface area contributed by atoms with Gasteiger partial charge in [-0.05, 0) is 43.1 Å². The number of aliphatic hydroxyl groups excluding tert-OH is 1. The Labute approximate surface area is 128 Å². The Kier molecular flexibility index (Phi) is 5.57. The van der Waals surface area contributed by atoms with Crippen molar-refractivity contribution in [3.63, 3.8) is 0 Å². The van der Waals surface area contributed by atoms with Crippen molar-refractivity contribution in [1.82, 2.24) is 4.90 Å². The van der Waals surface area contributed by atoms with E-state index in [0.29, 0.717) is 25.4 Å². The summed E-state index contributed by atoms with van der Waals surface area (Å²) in [4.78, 5) is 14.0. The van der Waals surface area contributed by atoms with Crippen LogP contribution in [-0.2, 0) is 4.79 Å². The number of nitrogens with zero attached hydrogens (tertiary/aromatic N) is 1. The minimum Gasteiger partial charge on any atom is -0.392 e. The quantitative estimate of drug-likeness (QED) is 0.885. The van der Waals surface area contributed by atoms with Gasteiger partial charge in [-0.15, -0.1) is 0 Å². The molecule has 20 heavy (non-hydrogen) atoms. The van der Waals surface area contributed by atoms with Crippen LogP contribution in [0.4, 0.5) is 5.69 Å². The molecule has 0 radical (unpaired) electrons. The summed E-state index contributed by atoms with van der Waals surface area (Å²) in [5.74, 6) is 0.378. The van der Waals surface area contributed by atoms with Crippen molar-refractivity contribution in [2.24, 2.45) is 5.92 Å². The van der Waals surface area contributed by atoms with Gasteiger partial charge in [-0.1, -0.05) is 22.9 Å². The number of β-amino-alcohol motifs (C(OH)–C–C–N with tert-alkyl or cyclic N) is 1. The van der Waals surface area contributed by atoms with Gasteiger partial charge < -0.3 is 15.3 Å². The van der Waals surface area contributed by atoms with E-state index in [1.54, 1.807) is 0 Å². The smallest absolute Gasteiger partial charge is 0.225 e. The van der Waals surface area contributed by atoms with Gasteiger partial charge >= 0.3 is 0 Å². The van der Waals surface area contributed by atoms with Crippen LogP contribution in [-0.4, -0.2) is 41.7 Å². The number of aliphatic hydroxyl groups is 1. The molecule has 2 rings (SSSR count). The molecule has 1 heterocycles. The Hall–Kier alpha value is -0.910. The number of piperidine rings is 1. The molecular formula is C15H21BrN2O2. The summed E-state index contributed by atoms with van der Waals surface area (Å²) >= 11 is 3.36. The molecule has 1 aromatic carbocycles. The summed E-state index contributed by atoms with van der Waals surface area (Å²) in [7, 11) is 0. The third kappa shape index (κ3) is 4.58. The van der Waals surface area contributed by atoms with Crippen LogP contribution in [0.15, 0.2) is 28.7 Å². The Bertz CT molecular complexity index is 450. The number of likely N-dealkylation sites (tertiary alicyclic amines) is 1. The second-order valence-corrected chi connectivity index (χ2v) is 6.35. The standard InChI is InChI=1S/C15H21BrN2O2/c1-11-6-8-18(10-14(11)19)9-7-15(20)17-13-4-2-12(16)3-5-13/h2-5,11,14,19H,6-10H2,1H3,(H,17,20). The summed E-state index contributed by atoms with van der Waals surface area (Å²) in [6, 6.07) is 7.54. The molecule has 2 N–H and O–H groups in total. The summed E-state index contributed by atoms with van der Waals surface area (Å²) in [6.07, 6.45) is 1.19. The molecule has 2 unspecified atom stereocenters. The number of rotatable bonds is 4. The minimum absolute atomic E-state index is 0.0143. The highest BCUT2D eigenvalue weighted by atomic mass is 79.9. The zero-order chi connectivity index (χ0) is 14.5. The monoisotopic (exact) mass is 340 g/mol. The van der Waals surface area contributed by atoms with E-state index in [1.165, 1.54) is 0 Å². The van der Waals surface area contributed by atoms with Crippen molar-refractivity contribution in [2.45, 2.75) is 25.9 Å². The van der Waals surface area contributed by atoms with Gasteiger partial charge in [0.05, 0.1) is 6.10 Å². The van der Waals surface area contributed by atoms with Crippen molar-refractivity contribution in [3.8, 4) is 0 Å². The molecule has 5 heteroatoms. The summed E-state index contributed by atoms with van der Waals surface area (Å²) in [6.45, 7) is 4.41. The van der Waals surface area contributed by atoms with Crippen LogP contribution in [0.1, 0.15) is 19.8 Å². The van der Waals surface area contributed by atoms with Crippen LogP contribution >= 0.6 is 15.9 Å². The molecule has 1 fully saturated rings. The lowest BCUT2D eigenvalue weighted by molar-refractivity contribution is -0.116. The van der Waals surface area contributed by atoms with Gasteiger partial charge in [-0.3, -0.25) is 4.79 Å². The van der Waals surface area contributed by atoms with Gasteiger partial charge in [0, 0.05) is 29.7 Å². The van der Waals surface area contributed by atoms with Crippen molar-refractivity contribution >= 4 is 27.5 Å². The second-order valence-electron chi connectivity index (χ2n) is 5.44. The maximum absolute atomic E-state index is 11.9. The van der Waals surface area contributed by atoms with Crippen LogP contribution in [0.5, 0.6) is 0 Å². The first-order valence-corrected chi connectivity index (χ1v) is 7.80. The third-order valence-corrected chi connectivity index (χ3v) is 4.31. The first kappa shape index (κ1) is 15.5.